The molecule has 0 aliphatic carbocycles. The van der Waals surface area contributed by atoms with Gasteiger partial charge in [0.25, 0.3) is 0 Å². The molecule has 0 saturated heterocycles. The smallest absolute Gasteiger partial charge is 0.123 e. The second kappa shape index (κ2) is 4.57. The second-order valence-corrected chi connectivity index (χ2v) is 1.81. The van der Waals surface area contributed by atoms with Gasteiger partial charge in [0.05, 0.1) is 0 Å². The molecule has 0 aromatic heterocycles. The molecule has 0 atom stereocenters. The van der Waals surface area contributed by atoms with Crippen LogP contribution in [0.1, 0.15) is 26.7 Å². The first-order chi connectivity index (χ1) is 3.81. The highest BCUT2D eigenvalue weighted by Crippen LogP contribution is 1.97. The summed E-state index contributed by atoms with van der Waals surface area (Å²) in [6.45, 7) is 4.11. The molecule has 0 bridgehead atoms. The minimum atomic E-state index is 0.569. The normalized spacial score (nSPS) is 11.5. The van der Waals surface area contributed by atoms with E-state index in [9.17, 15) is 4.79 Å². The Kier molecular flexibility index (Phi) is 4.23. The predicted octanol–water partition coefficient (Wildman–Crippen LogP) is 1.93. The molecule has 0 fully saturated rings. The van der Waals surface area contributed by atoms with Crippen molar-refractivity contribution < 1.29 is 4.79 Å². The van der Waals surface area contributed by atoms with Crippen molar-refractivity contribution >= 4 is 6.29 Å². The lowest BCUT2D eigenvalue weighted by atomic mass is 10.2. The average molecular weight is 112 g/mol. The first-order valence-corrected chi connectivity index (χ1v) is 2.90. The molecule has 0 spiro atoms. The second-order valence-electron chi connectivity index (χ2n) is 1.81. The van der Waals surface area contributed by atoms with Gasteiger partial charge in [-0.05, 0) is 13.3 Å². The number of allylic oxidation sites excluding steroid dienone is 2. The minimum absolute atomic E-state index is 0.569. The summed E-state index contributed by atoms with van der Waals surface area (Å²) in [6, 6.07) is 0. The van der Waals surface area contributed by atoms with Gasteiger partial charge >= 0.3 is 0 Å². The van der Waals surface area contributed by atoms with Crippen molar-refractivity contribution in [1.82, 2.24) is 0 Å². The molecule has 0 N–H and O–H groups in total. The van der Waals surface area contributed by atoms with E-state index in [4.69, 9.17) is 0 Å². The Morgan fingerprint density at radius 2 is 2.25 bits per heavy atom. The van der Waals surface area contributed by atoms with Crippen molar-refractivity contribution in [2.24, 2.45) is 0 Å². The first-order valence-electron chi connectivity index (χ1n) is 2.90. The van der Waals surface area contributed by atoms with Crippen LogP contribution < -0.4 is 0 Å². The summed E-state index contributed by atoms with van der Waals surface area (Å²) < 4.78 is 0. The van der Waals surface area contributed by atoms with Gasteiger partial charge in [0.2, 0.25) is 0 Å². The van der Waals surface area contributed by atoms with E-state index < -0.39 is 0 Å². The molecular weight excluding hydrogens is 100 g/mol. The van der Waals surface area contributed by atoms with Gasteiger partial charge in [-0.1, -0.05) is 18.6 Å². The quantitative estimate of drug-likeness (QED) is 0.402. The van der Waals surface area contributed by atoms with Crippen molar-refractivity contribution in [1.29, 1.82) is 0 Å². The standard InChI is InChI=1S/C7H12O/c1-3-7(2)5-4-6-8/h5-6H,3-4H2,1-2H3/b7-5+. The van der Waals surface area contributed by atoms with E-state index in [1.54, 1.807) is 0 Å². The van der Waals surface area contributed by atoms with Gasteiger partial charge in [-0.25, -0.2) is 0 Å². The van der Waals surface area contributed by atoms with Crippen molar-refractivity contribution in [2.75, 3.05) is 0 Å². The highest BCUT2D eigenvalue weighted by atomic mass is 16.1. The van der Waals surface area contributed by atoms with Crippen molar-refractivity contribution in [3.05, 3.63) is 11.6 Å². The molecule has 0 aromatic carbocycles. The minimum Gasteiger partial charge on any atom is -0.303 e. The van der Waals surface area contributed by atoms with E-state index in [0.717, 1.165) is 12.7 Å². The number of hydrogen-bond acceptors (Lipinski definition) is 1. The van der Waals surface area contributed by atoms with Gasteiger partial charge in [-0.2, -0.15) is 0 Å². The third-order valence-electron chi connectivity index (χ3n) is 1.12. The molecule has 0 radical (unpaired) electrons. The van der Waals surface area contributed by atoms with E-state index >= 15 is 0 Å². The summed E-state index contributed by atoms with van der Waals surface area (Å²) in [5, 5.41) is 0. The lowest BCUT2D eigenvalue weighted by Crippen LogP contribution is -1.72. The van der Waals surface area contributed by atoms with Crippen LogP contribution in [-0.2, 0) is 4.79 Å². The molecular formula is C7H12O. The Hall–Kier alpha value is -0.590. The molecule has 0 heterocycles. The lowest BCUT2D eigenvalue weighted by molar-refractivity contribution is -0.107. The van der Waals surface area contributed by atoms with Crippen LogP contribution in [0.15, 0.2) is 11.6 Å². The van der Waals surface area contributed by atoms with Gasteiger partial charge in [0.1, 0.15) is 6.29 Å². The van der Waals surface area contributed by atoms with Crippen LogP contribution in [0, 0.1) is 0 Å². The molecule has 0 amide bonds. The van der Waals surface area contributed by atoms with Crippen molar-refractivity contribution in [2.45, 2.75) is 26.7 Å². The fourth-order valence-corrected chi connectivity index (χ4v) is 0.394. The Labute approximate surface area is 50.4 Å². The summed E-state index contributed by atoms with van der Waals surface area (Å²) in [5.74, 6) is 0. The summed E-state index contributed by atoms with van der Waals surface area (Å²) in [7, 11) is 0. The number of carbonyl (C=O) groups excluding carboxylic acids is 1. The summed E-state index contributed by atoms with van der Waals surface area (Å²) >= 11 is 0. The van der Waals surface area contributed by atoms with Crippen LogP contribution >= 0.6 is 0 Å². The highest BCUT2D eigenvalue weighted by Gasteiger charge is 1.79. The monoisotopic (exact) mass is 112 g/mol. The third kappa shape index (κ3) is 3.59. The molecule has 8 heavy (non-hydrogen) atoms. The van der Waals surface area contributed by atoms with Crippen molar-refractivity contribution in [3.63, 3.8) is 0 Å². The zero-order valence-corrected chi connectivity index (χ0v) is 5.48. The Morgan fingerprint density at radius 1 is 1.62 bits per heavy atom. The average Bonchev–Trinajstić information content (AvgIpc) is 1.83. The van der Waals surface area contributed by atoms with Gasteiger partial charge in [0, 0.05) is 6.42 Å². The maximum Gasteiger partial charge on any atom is 0.123 e. The molecule has 0 unspecified atom stereocenters. The van der Waals surface area contributed by atoms with Gasteiger partial charge in [-0.3, -0.25) is 0 Å². The van der Waals surface area contributed by atoms with Crippen molar-refractivity contribution in [3.8, 4) is 0 Å². The van der Waals surface area contributed by atoms with Crippen LogP contribution in [0.2, 0.25) is 0 Å². The fraction of sp³-hybridized carbons (Fsp3) is 0.571. The fourth-order valence-electron chi connectivity index (χ4n) is 0.394. The largest absolute Gasteiger partial charge is 0.303 e. The van der Waals surface area contributed by atoms with Crippen LogP contribution in [0.25, 0.3) is 0 Å². The van der Waals surface area contributed by atoms with E-state index in [-0.39, 0.29) is 0 Å². The topological polar surface area (TPSA) is 17.1 Å². The molecule has 46 valence electrons. The molecule has 1 heteroatoms. The Balaban J connectivity index is 3.40. The molecule has 0 aliphatic rings. The van der Waals surface area contributed by atoms with Gasteiger partial charge in [0.15, 0.2) is 0 Å². The third-order valence-corrected chi connectivity index (χ3v) is 1.12. The predicted molar refractivity (Wildman–Crippen MR) is 34.7 cm³/mol. The van der Waals surface area contributed by atoms with E-state index in [1.165, 1.54) is 5.57 Å². The number of carbonyl (C=O) groups is 1. The molecule has 0 rings (SSSR count). The number of hydrogen-bond donors (Lipinski definition) is 0. The highest BCUT2D eigenvalue weighted by molar-refractivity contribution is 5.52. The molecule has 1 nitrogen and oxygen atoms in total. The zero-order valence-electron chi connectivity index (χ0n) is 5.48. The first kappa shape index (κ1) is 7.41. The van der Waals surface area contributed by atoms with Crippen LogP contribution in [0.4, 0.5) is 0 Å². The zero-order chi connectivity index (χ0) is 6.41. The van der Waals surface area contributed by atoms with E-state index in [1.807, 2.05) is 13.0 Å². The van der Waals surface area contributed by atoms with Gasteiger partial charge in [-0.15, -0.1) is 0 Å². The SMILES string of the molecule is CC/C(C)=C/CC=O. The van der Waals surface area contributed by atoms with E-state index in [2.05, 4.69) is 6.92 Å². The number of rotatable bonds is 3. The van der Waals surface area contributed by atoms with E-state index in [0.29, 0.717) is 6.42 Å². The summed E-state index contributed by atoms with van der Waals surface area (Å²) in [4.78, 5) is 9.78. The van der Waals surface area contributed by atoms with Crippen LogP contribution in [0.5, 0.6) is 0 Å². The molecule has 0 aromatic rings. The maximum absolute atomic E-state index is 9.78. The number of aldehydes is 1. The summed E-state index contributed by atoms with van der Waals surface area (Å²) in [5.41, 5.74) is 1.29. The molecule has 0 aliphatic heterocycles. The molecule has 0 saturated carbocycles. The van der Waals surface area contributed by atoms with Gasteiger partial charge < -0.3 is 4.79 Å². The van der Waals surface area contributed by atoms with Crippen LogP contribution in [-0.4, -0.2) is 6.29 Å². The Morgan fingerprint density at radius 3 is 2.62 bits per heavy atom. The van der Waals surface area contributed by atoms with Crippen LogP contribution in [0.3, 0.4) is 0 Å². The summed E-state index contributed by atoms with van der Waals surface area (Å²) in [6.07, 6.45) is 4.49. The lowest BCUT2D eigenvalue weighted by Gasteiger charge is -1.88. The maximum atomic E-state index is 9.78. The Bertz CT molecular complexity index is 92.6.